The molecule has 9 heteroatoms. The molecule has 3 heterocycles. The van der Waals surface area contributed by atoms with Crippen LogP contribution in [0.2, 0.25) is 0 Å². The third-order valence-corrected chi connectivity index (χ3v) is 6.33. The van der Waals surface area contributed by atoms with E-state index < -0.39 is 11.9 Å². The number of fused-ring (bicyclic) bond motifs is 1. The predicted molar refractivity (Wildman–Crippen MR) is 122 cm³/mol. The number of rotatable bonds is 5. The SMILES string of the molecule is Cc1c(C(=O)NCc2ccc3c(c2)CN(C2CCC(=O)NC2=O)C3=O)n[nH]c1-c1ccccc1. The maximum absolute atomic E-state index is 12.8. The summed E-state index contributed by atoms with van der Waals surface area (Å²) in [6.07, 6.45) is 0.535. The van der Waals surface area contributed by atoms with Crippen molar-refractivity contribution in [2.24, 2.45) is 0 Å². The molecule has 9 nitrogen and oxygen atoms in total. The van der Waals surface area contributed by atoms with Crippen molar-refractivity contribution in [2.75, 3.05) is 0 Å². The highest BCUT2D eigenvalue weighted by Gasteiger charge is 2.39. The van der Waals surface area contributed by atoms with Gasteiger partial charge in [-0.05, 0) is 36.1 Å². The van der Waals surface area contributed by atoms with Gasteiger partial charge in [-0.1, -0.05) is 42.5 Å². The number of carbonyl (C=O) groups excluding carboxylic acids is 4. The van der Waals surface area contributed by atoms with Crippen molar-refractivity contribution >= 4 is 23.6 Å². The van der Waals surface area contributed by atoms with Crippen molar-refractivity contribution in [1.82, 2.24) is 25.7 Å². The van der Waals surface area contributed by atoms with Crippen molar-refractivity contribution in [3.05, 3.63) is 76.5 Å². The number of amides is 4. The highest BCUT2D eigenvalue weighted by Crippen LogP contribution is 2.28. The van der Waals surface area contributed by atoms with Crippen LogP contribution in [-0.2, 0) is 22.7 Å². The summed E-state index contributed by atoms with van der Waals surface area (Å²) in [6.45, 7) is 2.41. The van der Waals surface area contributed by atoms with Crippen LogP contribution in [-0.4, -0.2) is 44.8 Å². The second kappa shape index (κ2) is 8.58. The van der Waals surface area contributed by atoms with Crippen molar-refractivity contribution in [2.45, 2.75) is 38.9 Å². The first-order valence-corrected chi connectivity index (χ1v) is 11.1. The molecule has 1 unspecified atom stereocenters. The minimum atomic E-state index is -0.651. The molecule has 5 rings (SSSR count). The third-order valence-electron chi connectivity index (χ3n) is 6.33. The molecule has 34 heavy (non-hydrogen) atoms. The Balaban J connectivity index is 1.26. The van der Waals surface area contributed by atoms with Crippen LogP contribution in [0.3, 0.4) is 0 Å². The Labute approximate surface area is 195 Å². The van der Waals surface area contributed by atoms with E-state index in [1.165, 1.54) is 4.90 Å². The van der Waals surface area contributed by atoms with Crippen LogP contribution in [0.15, 0.2) is 48.5 Å². The minimum absolute atomic E-state index is 0.215. The average molecular weight is 457 g/mol. The van der Waals surface area contributed by atoms with Gasteiger partial charge in [0.1, 0.15) is 6.04 Å². The number of hydrogen-bond acceptors (Lipinski definition) is 5. The molecule has 0 radical (unpaired) electrons. The largest absolute Gasteiger partial charge is 0.347 e. The van der Waals surface area contributed by atoms with Crippen LogP contribution in [0.5, 0.6) is 0 Å². The predicted octanol–water partition coefficient (Wildman–Crippen LogP) is 2.08. The van der Waals surface area contributed by atoms with E-state index in [9.17, 15) is 19.2 Å². The van der Waals surface area contributed by atoms with Gasteiger partial charge in [0.25, 0.3) is 11.8 Å². The van der Waals surface area contributed by atoms with E-state index in [1.54, 1.807) is 12.1 Å². The summed E-state index contributed by atoms with van der Waals surface area (Å²) in [5.41, 5.74) is 5.02. The number of piperidine rings is 1. The van der Waals surface area contributed by atoms with Gasteiger partial charge >= 0.3 is 0 Å². The number of benzene rings is 2. The fraction of sp³-hybridized carbons (Fsp3) is 0.240. The maximum Gasteiger partial charge on any atom is 0.272 e. The third kappa shape index (κ3) is 3.85. The molecule has 2 aliphatic rings. The molecule has 3 N–H and O–H groups in total. The molecule has 1 fully saturated rings. The lowest BCUT2D eigenvalue weighted by Gasteiger charge is -2.29. The van der Waals surface area contributed by atoms with Crippen molar-refractivity contribution in [1.29, 1.82) is 0 Å². The molecule has 0 aliphatic carbocycles. The highest BCUT2D eigenvalue weighted by molar-refractivity contribution is 6.05. The van der Waals surface area contributed by atoms with Gasteiger partial charge < -0.3 is 10.2 Å². The molecule has 0 bridgehead atoms. The Morgan fingerprint density at radius 3 is 2.71 bits per heavy atom. The van der Waals surface area contributed by atoms with Gasteiger partial charge in [0, 0.05) is 30.6 Å². The zero-order chi connectivity index (χ0) is 23.8. The summed E-state index contributed by atoms with van der Waals surface area (Å²) in [6, 6.07) is 14.4. The van der Waals surface area contributed by atoms with Gasteiger partial charge in [-0.15, -0.1) is 0 Å². The molecule has 4 amide bonds. The van der Waals surface area contributed by atoms with Crippen LogP contribution >= 0.6 is 0 Å². The first-order chi connectivity index (χ1) is 16.4. The number of aromatic amines is 1. The Hall–Kier alpha value is -4.27. The second-order valence-electron chi connectivity index (χ2n) is 8.51. The molecule has 1 atom stereocenters. The van der Waals surface area contributed by atoms with Gasteiger partial charge in [0.05, 0.1) is 5.69 Å². The lowest BCUT2D eigenvalue weighted by atomic mass is 10.0. The number of aromatic nitrogens is 2. The van der Waals surface area contributed by atoms with Crippen LogP contribution in [0.25, 0.3) is 11.3 Å². The maximum atomic E-state index is 12.8. The van der Waals surface area contributed by atoms with E-state index in [-0.39, 0.29) is 30.7 Å². The number of hydrogen-bond donors (Lipinski definition) is 3. The summed E-state index contributed by atoms with van der Waals surface area (Å²) in [4.78, 5) is 50.7. The molecule has 2 aromatic carbocycles. The van der Waals surface area contributed by atoms with Gasteiger partial charge in [-0.2, -0.15) is 5.10 Å². The first-order valence-electron chi connectivity index (χ1n) is 11.1. The fourth-order valence-electron chi connectivity index (χ4n) is 4.51. The minimum Gasteiger partial charge on any atom is -0.347 e. The molecular weight excluding hydrogens is 434 g/mol. The molecule has 0 saturated carbocycles. The van der Waals surface area contributed by atoms with E-state index >= 15 is 0 Å². The lowest BCUT2D eigenvalue weighted by Crippen LogP contribution is -2.52. The zero-order valence-electron chi connectivity index (χ0n) is 18.6. The van der Waals surface area contributed by atoms with Crippen LogP contribution in [0, 0.1) is 6.92 Å². The normalized spacial score (nSPS) is 17.5. The molecule has 172 valence electrons. The average Bonchev–Trinajstić information content (AvgIpc) is 3.38. The Kier molecular flexibility index (Phi) is 5.45. The Morgan fingerprint density at radius 1 is 1.15 bits per heavy atom. The quantitative estimate of drug-likeness (QED) is 0.506. The summed E-state index contributed by atoms with van der Waals surface area (Å²) in [5.74, 6) is -1.26. The summed E-state index contributed by atoms with van der Waals surface area (Å²) in [7, 11) is 0. The van der Waals surface area contributed by atoms with Crippen molar-refractivity contribution < 1.29 is 19.2 Å². The molecule has 0 spiro atoms. The standard InChI is InChI=1S/C25H23N5O4/c1-14-21(16-5-3-2-4-6-16)28-29-22(14)24(33)26-12-15-7-8-18-17(11-15)13-30(25(18)34)19-9-10-20(31)27-23(19)32/h2-8,11,19H,9-10,12-13H2,1H3,(H,26,33)(H,28,29)(H,27,31,32). The highest BCUT2D eigenvalue weighted by atomic mass is 16.2. The van der Waals surface area contributed by atoms with Gasteiger partial charge in [-0.25, -0.2) is 0 Å². The van der Waals surface area contributed by atoms with E-state index in [4.69, 9.17) is 0 Å². The van der Waals surface area contributed by atoms with Crippen LogP contribution in [0.4, 0.5) is 0 Å². The number of carbonyl (C=O) groups is 4. The fourth-order valence-corrected chi connectivity index (χ4v) is 4.51. The summed E-state index contributed by atoms with van der Waals surface area (Å²) in [5, 5.41) is 12.3. The summed E-state index contributed by atoms with van der Waals surface area (Å²) >= 11 is 0. The molecule has 1 saturated heterocycles. The number of nitrogens with zero attached hydrogens (tertiary/aromatic N) is 2. The van der Waals surface area contributed by atoms with Crippen molar-refractivity contribution in [3.63, 3.8) is 0 Å². The Bertz CT molecular complexity index is 1310. The van der Waals surface area contributed by atoms with Crippen molar-refractivity contribution in [3.8, 4) is 11.3 Å². The van der Waals surface area contributed by atoms with Gasteiger partial charge in [-0.3, -0.25) is 29.6 Å². The number of imide groups is 1. The second-order valence-corrected chi connectivity index (χ2v) is 8.51. The van der Waals surface area contributed by atoms with Crippen LogP contribution < -0.4 is 10.6 Å². The number of H-pyrrole nitrogens is 1. The van der Waals surface area contributed by atoms with E-state index in [1.807, 2.05) is 43.3 Å². The number of nitrogens with one attached hydrogen (secondary N) is 3. The van der Waals surface area contributed by atoms with E-state index in [0.717, 1.165) is 27.9 Å². The monoisotopic (exact) mass is 457 g/mol. The van der Waals surface area contributed by atoms with Crippen LogP contribution in [0.1, 0.15) is 50.4 Å². The smallest absolute Gasteiger partial charge is 0.272 e. The lowest BCUT2D eigenvalue weighted by molar-refractivity contribution is -0.136. The van der Waals surface area contributed by atoms with E-state index in [0.29, 0.717) is 24.2 Å². The zero-order valence-corrected chi connectivity index (χ0v) is 18.6. The molecular formula is C25H23N5O4. The molecule has 2 aliphatic heterocycles. The van der Waals surface area contributed by atoms with E-state index in [2.05, 4.69) is 20.8 Å². The topological polar surface area (TPSA) is 124 Å². The Morgan fingerprint density at radius 2 is 1.94 bits per heavy atom. The molecule has 3 aromatic rings. The van der Waals surface area contributed by atoms with Gasteiger partial charge in [0.2, 0.25) is 11.8 Å². The first kappa shape index (κ1) is 21.6. The summed E-state index contributed by atoms with van der Waals surface area (Å²) < 4.78 is 0. The molecule has 1 aromatic heterocycles. The van der Waals surface area contributed by atoms with Gasteiger partial charge in [0.15, 0.2) is 5.69 Å².